The van der Waals surface area contributed by atoms with Crippen molar-refractivity contribution in [3.05, 3.63) is 36.5 Å². The second-order valence-corrected chi connectivity index (χ2v) is 14.5. The van der Waals surface area contributed by atoms with Crippen molar-refractivity contribution < 1.29 is 69.0 Å². The predicted molar refractivity (Wildman–Crippen MR) is 206 cm³/mol. The topological polar surface area (TPSA) is 214 Å². The number of carbonyl (C=O) groups is 1. The van der Waals surface area contributed by atoms with Crippen LogP contribution in [0.4, 0.5) is 0 Å². The lowest BCUT2D eigenvalue weighted by atomic mass is 9.98. The number of hydrogen-bond acceptors (Lipinski definition) is 14. The van der Waals surface area contributed by atoms with Gasteiger partial charge in [0.2, 0.25) is 0 Å². The average molecular weight is 789 g/mol. The van der Waals surface area contributed by atoms with Gasteiger partial charge in [-0.3, -0.25) is 4.79 Å². The van der Waals surface area contributed by atoms with Crippen LogP contribution in [0.5, 0.6) is 0 Å². The van der Waals surface area contributed by atoms with E-state index < -0.39 is 86.7 Å². The Morgan fingerprint density at radius 2 is 1.13 bits per heavy atom. The number of rotatable bonds is 30. The lowest BCUT2D eigenvalue weighted by Gasteiger charge is -2.42. The van der Waals surface area contributed by atoms with Crippen molar-refractivity contribution >= 4 is 5.97 Å². The van der Waals surface area contributed by atoms with E-state index in [1.807, 2.05) is 6.92 Å². The summed E-state index contributed by atoms with van der Waals surface area (Å²) >= 11 is 0. The standard InChI is InChI=1S/C41H72O14/c1-3-5-6-7-8-9-10-11-12-13-14-15-16-17-18-19-20-21-22-23-25-50-27-30(53-33(43)24-4-2)28-51-40-39(49)37(47)35(45)32(55-40)29-52-41-38(48)36(46)34(44)31(26-42)54-41/h8-9,11-12,14-15,30-32,34-42,44-49H,3-7,10,13,16-29H2,1-2H3/b9-8-,12-11-,15-14-. The molecule has 0 spiro atoms. The van der Waals surface area contributed by atoms with E-state index in [0.717, 1.165) is 38.5 Å². The molecule has 0 aromatic heterocycles. The number of aliphatic hydroxyl groups excluding tert-OH is 7. The van der Waals surface area contributed by atoms with Crippen molar-refractivity contribution in [2.75, 3.05) is 33.0 Å². The smallest absolute Gasteiger partial charge is 0.306 e. The van der Waals surface area contributed by atoms with Crippen LogP contribution in [0.2, 0.25) is 0 Å². The number of carbonyl (C=O) groups excluding carboxylic acids is 1. The number of unbranched alkanes of at least 4 members (excludes halogenated alkanes) is 10. The van der Waals surface area contributed by atoms with E-state index in [1.165, 1.54) is 51.4 Å². The van der Waals surface area contributed by atoms with Crippen molar-refractivity contribution in [2.24, 2.45) is 0 Å². The molecule has 14 heteroatoms. The summed E-state index contributed by atoms with van der Waals surface area (Å²) in [5.41, 5.74) is 0. The highest BCUT2D eigenvalue weighted by atomic mass is 16.7. The SMILES string of the molecule is CCCCC/C=C\C/C=C\C/C=C\CCCCCCCCCOCC(COC1OC(COC2OC(CO)C(O)C(O)C2O)C(O)C(O)C1O)OC(=O)CCC. The first-order valence-electron chi connectivity index (χ1n) is 20.6. The summed E-state index contributed by atoms with van der Waals surface area (Å²) in [5, 5.41) is 71.2. The lowest BCUT2D eigenvalue weighted by molar-refractivity contribution is -0.332. The fourth-order valence-electron chi connectivity index (χ4n) is 6.21. The largest absolute Gasteiger partial charge is 0.457 e. The summed E-state index contributed by atoms with van der Waals surface area (Å²) < 4.78 is 33.5. The normalized spacial score (nSPS) is 29.5. The van der Waals surface area contributed by atoms with Crippen molar-refractivity contribution in [1.82, 2.24) is 0 Å². The zero-order chi connectivity index (χ0) is 40.3. The van der Waals surface area contributed by atoms with Crippen LogP contribution >= 0.6 is 0 Å². The molecule has 0 aliphatic carbocycles. The zero-order valence-electron chi connectivity index (χ0n) is 33.2. The molecule has 0 aromatic rings. The Labute approximate surface area is 328 Å². The highest BCUT2D eigenvalue weighted by Gasteiger charge is 2.47. The molecule has 7 N–H and O–H groups in total. The molecule has 0 radical (unpaired) electrons. The lowest BCUT2D eigenvalue weighted by Crippen LogP contribution is -2.61. The van der Waals surface area contributed by atoms with Crippen LogP contribution < -0.4 is 0 Å². The maximum Gasteiger partial charge on any atom is 0.306 e. The third-order valence-electron chi connectivity index (χ3n) is 9.62. The highest BCUT2D eigenvalue weighted by Crippen LogP contribution is 2.26. The maximum atomic E-state index is 12.3. The fraction of sp³-hybridized carbons (Fsp3) is 0.829. The molecule has 0 aromatic carbocycles. The zero-order valence-corrected chi connectivity index (χ0v) is 33.2. The molecule has 0 amide bonds. The van der Waals surface area contributed by atoms with E-state index in [-0.39, 0.29) is 19.6 Å². The van der Waals surface area contributed by atoms with Gasteiger partial charge in [0.25, 0.3) is 0 Å². The summed E-state index contributed by atoms with van der Waals surface area (Å²) in [6.07, 6.45) is 14.1. The number of hydrogen-bond donors (Lipinski definition) is 7. The van der Waals surface area contributed by atoms with Crippen LogP contribution in [0.1, 0.15) is 117 Å². The third-order valence-corrected chi connectivity index (χ3v) is 9.62. The highest BCUT2D eigenvalue weighted by molar-refractivity contribution is 5.69. The quantitative estimate of drug-likeness (QED) is 0.0316. The summed E-state index contributed by atoms with van der Waals surface area (Å²) in [5.74, 6) is -0.435. The van der Waals surface area contributed by atoms with Gasteiger partial charge >= 0.3 is 5.97 Å². The van der Waals surface area contributed by atoms with Crippen LogP contribution in [-0.2, 0) is 33.2 Å². The molecule has 320 valence electrons. The van der Waals surface area contributed by atoms with Gasteiger partial charge in [-0.15, -0.1) is 0 Å². The Kier molecular flexibility index (Phi) is 27.2. The van der Waals surface area contributed by atoms with Crippen LogP contribution in [-0.4, -0.2) is 142 Å². The van der Waals surface area contributed by atoms with Gasteiger partial charge in [0.05, 0.1) is 26.4 Å². The second kappa shape index (κ2) is 30.3. The first-order chi connectivity index (χ1) is 26.6. The van der Waals surface area contributed by atoms with Gasteiger partial charge < -0.3 is 64.2 Å². The monoisotopic (exact) mass is 788 g/mol. The summed E-state index contributed by atoms with van der Waals surface area (Å²) in [4.78, 5) is 12.3. The first-order valence-corrected chi connectivity index (χ1v) is 20.6. The van der Waals surface area contributed by atoms with E-state index in [0.29, 0.717) is 13.0 Å². The molecule has 0 saturated carbocycles. The van der Waals surface area contributed by atoms with Crippen LogP contribution in [0.3, 0.4) is 0 Å². The molecule has 2 fully saturated rings. The minimum atomic E-state index is -1.70. The van der Waals surface area contributed by atoms with Crippen molar-refractivity contribution in [1.29, 1.82) is 0 Å². The Morgan fingerprint density at radius 1 is 0.600 bits per heavy atom. The van der Waals surface area contributed by atoms with Crippen LogP contribution in [0.25, 0.3) is 0 Å². The van der Waals surface area contributed by atoms with Gasteiger partial charge in [0.1, 0.15) is 54.9 Å². The molecule has 14 nitrogen and oxygen atoms in total. The van der Waals surface area contributed by atoms with Gasteiger partial charge in [-0.05, 0) is 51.4 Å². The van der Waals surface area contributed by atoms with Gasteiger partial charge in [-0.25, -0.2) is 0 Å². The fourth-order valence-corrected chi connectivity index (χ4v) is 6.21. The van der Waals surface area contributed by atoms with E-state index in [9.17, 15) is 40.5 Å². The summed E-state index contributed by atoms with van der Waals surface area (Å²) in [7, 11) is 0. The number of allylic oxidation sites excluding steroid dienone is 6. The summed E-state index contributed by atoms with van der Waals surface area (Å²) in [6.45, 7) is 3.22. The molecule has 2 saturated heterocycles. The molecule has 55 heavy (non-hydrogen) atoms. The second-order valence-electron chi connectivity index (χ2n) is 14.5. The molecule has 2 rings (SSSR count). The summed E-state index contributed by atoms with van der Waals surface area (Å²) in [6, 6.07) is 0. The maximum absolute atomic E-state index is 12.3. The number of ether oxygens (including phenoxy) is 6. The number of aliphatic hydroxyl groups is 7. The van der Waals surface area contributed by atoms with Gasteiger partial charge in [0.15, 0.2) is 12.6 Å². The molecule has 0 bridgehead atoms. The van der Waals surface area contributed by atoms with Gasteiger partial charge in [-0.1, -0.05) is 95.2 Å². The Bertz CT molecular complexity index is 1050. The Hall–Kier alpha value is -1.79. The van der Waals surface area contributed by atoms with Crippen molar-refractivity contribution in [3.8, 4) is 0 Å². The predicted octanol–water partition coefficient (Wildman–Crippen LogP) is 3.51. The third kappa shape index (κ3) is 20.0. The van der Waals surface area contributed by atoms with Crippen molar-refractivity contribution in [3.63, 3.8) is 0 Å². The van der Waals surface area contributed by atoms with Crippen LogP contribution in [0.15, 0.2) is 36.5 Å². The molecule has 11 unspecified atom stereocenters. The molecule has 11 atom stereocenters. The molecular weight excluding hydrogens is 716 g/mol. The van der Waals surface area contributed by atoms with Crippen LogP contribution in [0, 0.1) is 0 Å². The van der Waals surface area contributed by atoms with Crippen molar-refractivity contribution in [2.45, 2.75) is 184 Å². The molecule has 2 aliphatic rings. The van der Waals surface area contributed by atoms with E-state index in [2.05, 4.69) is 43.4 Å². The van der Waals surface area contributed by atoms with Gasteiger partial charge in [-0.2, -0.15) is 0 Å². The van der Waals surface area contributed by atoms with E-state index in [4.69, 9.17) is 28.4 Å². The molecular formula is C41H72O14. The Morgan fingerprint density at radius 3 is 1.73 bits per heavy atom. The molecule has 2 aliphatic heterocycles. The van der Waals surface area contributed by atoms with E-state index in [1.54, 1.807) is 0 Å². The van der Waals surface area contributed by atoms with Gasteiger partial charge in [0, 0.05) is 13.0 Å². The minimum Gasteiger partial charge on any atom is -0.457 e. The molecule has 2 heterocycles. The van der Waals surface area contributed by atoms with E-state index >= 15 is 0 Å². The first kappa shape index (κ1) is 49.4. The Balaban J connectivity index is 1.65. The number of esters is 1. The minimum absolute atomic E-state index is 0.0482. The average Bonchev–Trinajstić information content (AvgIpc) is 3.17.